The monoisotopic (exact) mass is 335 g/mol. The first-order chi connectivity index (χ1) is 12.0. The normalized spacial score (nSPS) is 13.8. The Balaban J connectivity index is 1.82. The molecule has 0 bridgehead atoms. The van der Waals surface area contributed by atoms with Crippen LogP contribution in [0.5, 0.6) is 5.75 Å². The van der Waals surface area contributed by atoms with E-state index in [0.29, 0.717) is 22.2 Å². The summed E-state index contributed by atoms with van der Waals surface area (Å²) in [6.45, 7) is 1.88. The van der Waals surface area contributed by atoms with Crippen LogP contribution in [0.3, 0.4) is 0 Å². The molecule has 4 rings (SSSR count). The van der Waals surface area contributed by atoms with Crippen molar-refractivity contribution in [1.82, 2.24) is 14.9 Å². The Bertz CT molecular complexity index is 1050. The van der Waals surface area contributed by atoms with Crippen molar-refractivity contribution >= 4 is 16.8 Å². The van der Waals surface area contributed by atoms with E-state index in [-0.39, 0.29) is 23.3 Å². The molecule has 2 N–H and O–H groups in total. The summed E-state index contributed by atoms with van der Waals surface area (Å²) in [5.74, 6) is -0.0671. The van der Waals surface area contributed by atoms with Crippen molar-refractivity contribution in [3.63, 3.8) is 0 Å². The Hall–Kier alpha value is -3.15. The number of carbonyl (C=O) groups is 1. The number of benzene rings is 2. The van der Waals surface area contributed by atoms with Crippen molar-refractivity contribution in [3.8, 4) is 11.4 Å². The first kappa shape index (κ1) is 15.4. The fourth-order valence-electron chi connectivity index (χ4n) is 2.79. The van der Waals surface area contributed by atoms with Crippen LogP contribution in [0.4, 0.5) is 0 Å². The Morgan fingerprint density at radius 1 is 1.24 bits per heavy atom. The Morgan fingerprint density at radius 3 is 2.80 bits per heavy atom. The first-order valence-electron chi connectivity index (χ1n) is 8.15. The summed E-state index contributed by atoms with van der Waals surface area (Å²) in [5, 5.41) is 12.9. The molecule has 1 aromatic heterocycles. The Kier molecular flexibility index (Phi) is 3.53. The molecule has 1 amide bonds. The van der Waals surface area contributed by atoms with E-state index < -0.39 is 0 Å². The molecule has 0 saturated heterocycles. The fourth-order valence-corrected chi connectivity index (χ4v) is 2.79. The van der Waals surface area contributed by atoms with Gasteiger partial charge < -0.3 is 10.4 Å². The third-order valence-electron chi connectivity index (χ3n) is 4.39. The highest BCUT2D eigenvalue weighted by Gasteiger charge is 2.24. The molecule has 0 unspecified atom stereocenters. The van der Waals surface area contributed by atoms with Gasteiger partial charge >= 0.3 is 0 Å². The van der Waals surface area contributed by atoms with Crippen LogP contribution >= 0.6 is 0 Å². The van der Waals surface area contributed by atoms with E-state index in [4.69, 9.17) is 0 Å². The molecule has 2 aromatic carbocycles. The minimum atomic E-state index is -0.243. The molecular formula is C19H17N3O3. The number of aromatic hydroxyl groups is 1. The van der Waals surface area contributed by atoms with Crippen molar-refractivity contribution in [1.29, 1.82) is 0 Å². The van der Waals surface area contributed by atoms with Crippen LogP contribution < -0.4 is 10.9 Å². The van der Waals surface area contributed by atoms with E-state index in [1.54, 1.807) is 18.2 Å². The number of phenols is 1. The maximum Gasteiger partial charge on any atom is 0.265 e. The van der Waals surface area contributed by atoms with E-state index in [0.717, 1.165) is 18.4 Å². The third kappa shape index (κ3) is 2.87. The predicted octanol–water partition coefficient (Wildman–Crippen LogP) is 2.29. The summed E-state index contributed by atoms with van der Waals surface area (Å²) >= 11 is 0. The standard InChI is InChI=1S/C19H17N3O3/c1-11-2-3-12(18(24)21-13-4-5-13)8-17(11)22-10-20-16-9-14(23)6-7-15(16)19(22)25/h2-3,6-10,13,23H,4-5H2,1H3,(H,21,24). The van der Waals surface area contributed by atoms with Gasteiger partial charge in [0.15, 0.2) is 0 Å². The fraction of sp³-hybridized carbons (Fsp3) is 0.211. The highest BCUT2D eigenvalue weighted by atomic mass is 16.3. The molecule has 1 aliphatic carbocycles. The summed E-state index contributed by atoms with van der Waals surface area (Å²) in [4.78, 5) is 29.3. The number of amides is 1. The second-order valence-corrected chi connectivity index (χ2v) is 6.37. The van der Waals surface area contributed by atoms with E-state index in [1.165, 1.54) is 23.0 Å². The topological polar surface area (TPSA) is 84.2 Å². The lowest BCUT2D eigenvalue weighted by Gasteiger charge is -2.12. The second kappa shape index (κ2) is 5.73. The molecule has 0 aliphatic heterocycles. The van der Waals surface area contributed by atoms with Crippen LogP contribution in [0.1, 0.15) is 28.8 Å². The zero-order chi connectivity index (χ0) is 17.6. The minimum absolute atomic E-state index is 0.0621. The van der Waals surface area contributed by atoms with Crippen LogP contribution in [-0.2, 0) is 0 Å². The molecule has 0 atom stereocenters. The Morgan fingerprint density at radius 2 is 2.04 bits per heavy atom. The van der Waals surface area contributed by atoms with Crippen LogP contribution in [-0.4, -0.2) is 26.6 Å². The minimum Gasteiger partial charge on any atom is -0.508 e. The summed E-state index contributed by atoms with van der Waals surface area (Å²) < 4.78 is 1.43. The maximum atomic E-state index is 12.8. The van der Waals surface area contributed by atoms with Crippen LogP contribution in [0.15, 0.2) is 47.5 Å². The van der Waals surface area contributed by atoms with E-state index in [2.05, 4.69) is 10.3 Å². The number of hydrogen-bond acceptors (Lipinski definition) is 4. The van der Waals surface area contributed by atoms with Crippen molar-refractivity contribution < 1.29 is 9.90 Å². The number of nitrogens with one attached hydrogen (secondary N) is 1. The molecule has 6 nitrogen and oxygen atoms in total. The van der Waals surface area contributed by atoms with Crippen LogP contribution in [0.25, 0.3) is 16.6 Å². The van der Waals surface area contributed by atoms with Gasteiger partial charge in [-0.3, -0.25) is 14.2 Å². The molecule has 0 radical (unpaired) electrons. The van der Waals surface area contributed by atoms with Gasteiger partial charge in [0.1, 0.15) is 12.1 Å². The van der Waals surface area contributed by atoms with Gasteiger partial charge in [0.25, 0.3) is 11.5 Å². The number of hydrogen-bond donors (Lipinski definition) is 2. The number of phenolic OH excluding ortho intramolecular Hbond substituents is 1. The second-order valence-electron chi connectivity index (χ2n) is 6.37. The predicted molar refractivity (Wildman–Crippen MR) is 94.2 cm³/mol. The van der Waals surface area contributed by atoms with Gasteiger partial charge in [0.2, 0.25) is 0 Å². The SMILES string of the molecule is Cc1ccc(C(=O)NC2CC2)cc1-n1cnc2cc(O)ccc2c1=O. The van der Waals surface area contributed by atoms with Gasteiger partial charge in [-0.05, 0) is 49.6 Å². The Labute approximate surface area is 143 Å². The van der Waals surface area contributed by atoms with Gasteiger partial charge in [-0.15, -0.1) is 0 Å². The first-order valence-corrected chi connectivity index (χ1v) is 8.15. The van der Waals surface area contributed by atoms with E-state index >= 15 is 0 Å². The number of aryl methyl sites for hydroxylation is 1. The van der Waals surface area contributed by atoms with Gasteiger partial charge in [0, 0.05) is 17.7 Å². The molecule has 6 heteroatoms. The summed E-state index contributed by atoms with van der Waals surface area (Å²) in [5.41, 5.74) is 2.19. The van der Waals surface area contributed by atoms with Gasteiger partial charge in [-0.2, -0.15) is 0 Å². The third-order valence-corrected chi connectivity index (χ3v) is 4.39. The summed E-state index contributed by atoms with van der Waals surface area (Å²) in [6, 6.07) is 10.0. The van der Waals surface area contributed by atoms with Crippen LogP contribution in [0, 0.1) is 6.92 Å². The van der Waals surface area contributed by atoms with Crippen molar-refractivity contribution in [2.24, 2.45) is 0 Å². The summed E-state index contributed by atoms with van der Waals surface area (Å²) in [6.07, 6.45) is 3.46. The molecule has 1 fully saturated rings. The van der Waals surface area contributed by atoms with E-state index in [9.17, 15) is 14.7 Å². The number of fused-ring (bicyclic) bond motifs is 1. The quantitative estimate of drug-likeness (QED) is 0.769. The largest absolute Gasteiger partial charge is 0.508 e. The number of carbonyl (C=O) groups excluding carboxylic acids is 1. The van der Waals surface area contributed by atoms with Gasteiger partial charge in [0.05, 0.1) is 16.6 Å². The smallest absolute Gasteiger partial charge is 0.265 e. The lowest BCUT2D eigenvalue weighted by Crippen LogP contribution is -2.26. The average Bonchev–Trinajstić information content (AvgIpc) is 3.40. The van der Waals surface area contributed by atoms with Crippen molar-refractivity contribution in [3.05, 3.63) is 64.2 Å². The van der Waals surface area contributed by atoms with Crippen molar-refractivity contribution in [2.75, 3.05) is 0 Å². The molecule has 126 valence electrons. The molecule has 25 heavy (non-hydrogen) atoms. The molecule has 3 aromatic rings. The highest BCUT2D eigenvalue weighted by Crippen LogP contribution is 2.21. The highest BCUT2D eigenvalue weighted by molar-refractivity contribution is 5.95. The van der Waals surface area contributed by atoms with E-state index in [1.807, 2.05) is 13.0 Å². The maximum absolute atomic E-state index is 12.8. The van der Waals surface area contributed by atoms with Gasteiger partial charge in [-0.25, -0.2) is 4.98 Å². The van der Waals surface area contributed by atoms with Gasteiger partial charge in [-0.1, -0.05) is 6.07 Å². The zero-order valence-electron chi connectivity index (χ0n) is 13.7. The lowest BCUT2D eigenvalue weighted by atomic mass is 10.1. The molecule has 1 aliphatic rings. The lowest BCUT2D eigenvalue weighted by molar-refractivity contribution is 0.0951. The molecule has 1 saturated carbocycles. The number of rotatable bonds is 3. The van der Waals surface area contributed by atoms with Crippen molar-refractivity contribution in [2.45, 2.75) is 25.8 Å². The van der Waals surface area contributed by atoms with Crippen LogP contribution in [0.2, 0.25) is 0 Å². The summed E-state index contributed by atoms with van der Waals surface area (Å²) in [7, 11) is 0. The number of nitrogens with zero attached hydrogens (tertiary/aromatic N) is 2. The molecular weight excluding hydrogens is 318 g/mol. The molecule has 1 heterocycles. The number of aromatic nitrogens is 2. The molecule has 0 spiro atoms. The average molecular weight is 335 g/mol. The zero-order valence-corrected chi connectivity index (χ0v) is 13.7.